The number of benzene rings is 1. The standard InChI is InChI=1S/C14H17Br2NO2/c1-14(13(18)19)6-2-3-7-17(14)9-10-4-5-11(15)12(16)8-10/h4-5,8H,2-3,6-7,9H2,1H3,(H,18,19). The van der Waals surface area contributed by atoms with Crippen molar-refractivity contribution in [1.82, 2.24) is 4.90 Å². The molecule has 3 nitrogen and oxygen atoms in total. The Balaban J connectivity index is 2.20. The lowest BCUT2D eigenvalue weighted by Crippen LogP contribution is -2.54. The molecule has 0 bridgehead atoms. The molecule has 2 rings (SSSR count). The number of carboxylic acids is 1. The van der Waals surface area contributed by atoms with E-state index in [9.17, 15) is 9.90 Å². The molecular weight excluding hydrogens is 374 g/mol. The van der Waals surface area contributed by atoms with Crippen LogP contribution in [0.1, 0.15) is 31.7 Å². The Bertz CT molecular complexity index is 492. The monoisotopic (exact) mass is 389 g/mol. The van der Waals surface area contributed by atoms with Gasteiger partial charge in [0, 0.05) is 15.5 Å². The van der Waals surface area contributed by atoms with E-state index in [1.807, 2.05) is 25.1 Å². The second kappa shape index (κ2) is 5.94. The minimum absolute atomic E-state index is 0.675. The number of carbonyl (C=O) groups is 1. The SMILES string of the molecule is CC1(C(=O)O)CCCCN1Cc1ccc(Br)c(Br)c1. The molecule has 1 aromatic rings. The smallest absolute Gasteiger partial charge is 0.323 e. The van der Waals surface area contributed by atoms with Crippen LogP contribution in [0.2, 0.25) is 0 Å². The van der Waals surface area contributed by atoms with E-state index in [1.165, 1.54) is 0 Å². The van der Waals surface area contributed by atoms with Crippen LogP contribution in [0.4, 0.5) is 0 Å². The Morgan fingerprint density at radius 3 is 2.74 bits per heavy atom. The average Bonchev–Trinajstić information content (AvgIpc) is 2.36. The van der Waals surface area contributed by atoms with Crippen LogP contribution < -0.4 is 0 Å². The number of piperidine rings is 1. The second-order valence-corrected chi connectivity index (χ2v) is 6.91. The summed E-state index contributed by atoms with van der Waals surface area (Å²) in [7, 11) is 0. The molecule has 1 aliphatic rings. The van der Waals surface area contributed by atoms with Gasteiger partial charge in [0.05, 0.1) is 0 Å². The van der Waals surface area contributed by atoms with Gasteiger partial charge in [0.1, 0.15) is 5.54 Å². The van der Waals surface area contributed by atoms with Gasteiger partial charge in [-0.25, -0.2) is 0 Å². The molecule has 1 fully saturated rings. The molecule has 1 heterocycles. The van der Waals surface area contributed by atoms with Crippen LogP contribution in [-0.4, -0.2) is 28.1 Å². The summed E-state index contributed by atoms with van der Waals surface area (Å²) in [5.41, 5.74) is 0.391. The molecule has 1 atom stereocenters. The third-order valence-electron chi connectivity index (χ3n) is 3.86. The highest BCUT2D eigenvalue weighted by atomic mass is 79.9. The van der Waals surface area contributed by atoms with Crippen LogP contribution in [0, 0.1) is 0 Å². The first-order valence-corrected chi connectivity index (χ1v) is 7.94. The summed E-state index contributed by atoms with van der Waals surface area (Å²) < 4.78 is 2.01. The number of hydrogen-bond donors (Lipinski definition) is 1. The highest BCUT2D eigenvalue weighted by Gasteiger charge is 2.41. The first-order chi connectivity index (χ1) is 8.93. The summed E-state index contributed by atoms with van der Waals surface area (Å²) in [4.78, 5) is 13.6. The number of aliphatic carboxylic acids is 1. The second-order valence-electron chi connectivity index (χ2n) is 5.21. The third-order valence-corrected chi connectivity index (χ3v) is 5.74. The molecule has 0 aromatic heterocycles. The summed E-state index contributed by atoms with van der Waals surface area (Å²) in [5, 5.41) is 9.49. The van der Waals surface area contributed by atoms with Crippen LogP contribution in [-0.2, 0) is 11.3 Å². The fourth-order valence-corrected chi connectivity index (χ4v) is 3.20. The van der Waals surface area contributed by atoms with Gasteiger partial charge in [-0.2, -0.15) is 0 Å². The highest BCUT2D eigenvalue weighted by molar-refractivity contribution is 9.13. The molecule has 0 amide bonds. The molecule has 104 valence electrons. The first-order valence-electron chi connectivity index (χ1n) is 6.36. The third kappa shape index (κ3) is 3.20. The summed E-state index contributed by atoms with van der Waals surface area (Å²) in [6, 6.07) is 6.06. The van der Waals surface area contributed by atoms with Crippen LogP contribution in [0.5, 0.6) is 0 Å². The van der Waals surface area contributed by atoms with Crippen molar-refractivity contribution < 1.29 is 9.90 Å². The molecule has 19 heavy (non-hydrogen) atoms. The maximum atomic E-state index is 11.5. The average molecular weight is 391 g/mol. The van der Waals surface area contributed by atoms with Gasteiger partial charge in [-0.3, -0.25) is 9.69 Å². The Kier molecular flexibility index (Phi) is 4.69. The van der Waals surface area contributed by atoms with Gasteiger partial charge in [-0.15, -0.1) is 0 Å². The van der Waals surface area contributed by atoms with Crippen molar-refractivity contribution >= 4 is 37.8 Å². The molecule has 1 aromatic carbocycles. The zero-order chi connectivity index (χ0) is 14.0. The quantitative estimate of drug-likeness (QED) is 0.846. The van der Waals surface area contributed by atoms with Crippen LogP contribution >= 0.6 is 31.9 Å². The number of hydrogen-bond acceptors (Lipinski definition) is 2. The summed E-state index contributed by atoms with van der Waals surface area (Å²) in [5.74, 6) is -0.719. The molecule has 1 N–H and O–H groups in total. The van der Waals surface area contributed by atoms with E-state index in [0.29, 0.717) is 6.54 Å². The Morgan fingerprint density at radius 2 is 2.11 bits per heavy atom. The first kappa shape index (κ1) is 15.0. The van der Waals surface area contributed by atoms with E-state index in [4.69, 9.17) is 0 Å². The van der Waals surface area contributed by atoms with Crippen molar-refractivity contribution in [3.05, 3.63) is 32.7 Å². The molecular formula is C14H17Br2NO2. The molecule has 0 saturated carbocycles. The molecule has 0 aliphatic carbocycles. The fraction of sp³-hybridized carbons (Fsp3) is 0.500. The van der Waals surface area contributed by atoms with Crippen LogP contribution in [0.15, 0.2) is 27.1 Å². The molecule has 5 heteroatoms. The van der Waals surface area contributed by atoms with Crippen LogP contribution in [0.3, 0.4) is 0 Å². The fourth-order valence-electron chi connectivity index (χ4n) is 2.53. The Morgan fingerprint density at radius 1 is 1.37 bits per heavy atom. The molecule has 1 unspecified atom stereocenters. The highest BCUT2D eigenvalue weighted by Crippen LogP contribution is 2.31. The lowest BCUT2D eigenvalue weighted by molar-refractivity contribution is -0.153. The van der Waals surface area contributed by atoms with Gasteiger partial charge in [0.15, 0.2) is 0 Å². The van der Waals surface area contributed by atoms with E-state index in [2.05, 4.69) is 36.8 Å². The summed E-state index contributed by atoms with van der Waals surface area (Å²) in [6.07, 6.45) is 2.78. The maximum absolute atomic E-state index is 11.5. The molecule has 1 saturated heterocycles. The van der Waals surface area contributed by atoms with Crippen molar-refractivity contribution in [1.29, 1.82) is 0 Å². The minimum Gasteiger partial charge on any atom is -0.480 e. The van der Waals surface area contributed by atoms with Gasteiger partial charge < -0.3 is 5.11 Å². The van der Waals surface area contributed by atoms with Gasteiger partial charge in [0.25, 0.3) is 0 Å². The van der Waals surface area contributed by atoms with Crippen LogP contribution in [0.25, 0.3) is 0 Å². The predicted octanol–water partition coefficient (Wildman–Crippen LogP) is 4.04. The van der Waals surface area contributed by atoms with E-state index in [1.54, 1.807) is 0 Å². The molecule has 0 radical (unpaired) electrons. The number of carboxylic acid groups (broad SMARTS) is 1. The van der Waals surface area contributed by atoms with E-state index in [0.717, 1.165) is 40.3 Å². The van der Waals surface area contributed by atoms with Gasteiger partial charge in [-0.05, 0) is 82.3 Å². The topological polar surface area (TPSA) is 40.5 Å². The van der Waals surface area contributed by atoms with Crippen molar-refractivity contribution in [2.45, 2.75) is 38.3 Å². The summed E-state index contributed by atoms with van der Waals surface area (Å²) in [6.45, 7) is 3.35. The van der Waals surface area contributed by atoms with E-state index < -0.39 is 11.5 Å². The van der Waals surface area contributed by atoms with Crippen molar-refractivity contribution in [3.8, 4) is 0 Å². The van der Waals surface area contributed by atoms with Gasteiger partial charge in [-0.1, -0.05) is 6.07 Å². The summed E-state index contributed by atoms with van der Waals surface area (Å²) >= 11 is 6.93. The Hall–Kier alpha value is -0.390. The lowest BCUT2D eigenvalue weighted by Gasteiger charge is -2.41. The largest absolute Gasteiger partial charge is 0.480 e. The van der Waals surface area contributed by atoms with Crippen molar-refractivity contribution in [2.24, 2.45) is 0 Å². The number of likely N-dealkylation sites (tertiary alicyclic amines) is 1. The maximum Gasteiger partial charge on any atom is 0.323 e. The number of rotatable bonds is 3. The molecule has 0 spiro atoms. The van der Waals surface area contributed by atoms with Gasteiger partial charge in [0.2, 0.25) is 0 Å². The normalized spacial score (nSPS) is 24.4. The molecule has 1 aliphatic heterocycles. The Labute approximate surface area is 130 Å². The zero-order valence-corrected chi connectivity index (χ0v) is 14.0. The van der Waals surface area contributed by atoms with Crippen molar-refractivity contribution in [2.75, 3.05) is 6.54 Å². The van der Waals surface area contributed by atoms with E-state index >= 15 is 0 Å². The zero-order valence-electron chi connectivity index (χ0n) is 10.8. The lowest BCUT2D eigenvalue weighted by atomic mass is 9.88. The number of nitrogens with zero attached hydrogens (tertiary/aromatic N) is 1. The number of halogens is 2. The minimum atomic E-state index is -0.738. The van der Waals surface area contributed by atoms with Crippen molar-refractivity contribution in [3.63, 3.8) is 0 Å². The predicted molar refractivity (Wildman–Crippen MR) is 82.1 cm³/mol. The van der Waals surface area contributed by atoms with E-state index in [-0.39, 0.29) is 0 Å². The van der Waals surface area contributed by atoms with Gasteiger partial charge >= 0.3 is 5.97 Å².